The minimum Gasteiger partial charge on any atom is -0.368 e. The molecule has 106 valence electrons. The number of primary amides is 1. The number of rotatable bonds is 8. The third kappa shape index (κ3) is 5.12. The Morgan fingerprint density at radius 2 is 2.37 bits per heavy atom. The van der Waals surface area contributed by atoms with E-state index in [0.717, 1.165) is 34.6 Å². The molecule has 0 saturated heterocycles. The summed E-state index contributed by atoms with van der Waals surface area (Å²) in [5.74, 6) is 0.613. The summed E-state index contributed by atoms with van der Waals surface area (Å²) in [6.45, 7) is 4.57. The number of aromatic nitrogens is 1. The Labute approximate surface area is 127 Å². The molecular formula is C13H20BrN3OS. The first-order valence-corrected chi connectivity index (χ1v) is 8.05. The minimum atomic E-state index is -0.614. The number of halogens is 1. The van der Waals surface area contributed by atoms with Crippen LogP contribution in [0.1, 0.15) is 26.7 Å². The first kappa shape index (κ1) is 16.5. The fraction of sp³-hybridized carbons (Fsp3) is 0.538. The van der Waals surface area contributed by atoms with Gasteiger partial charge in [-0.2, -0.15) is 0 Å². The molecule has 0 radical (unpaired) electrons. The van der Waals surface area contributed by atoms with E-state index in [9.17, 15) is 4.79 Å². The summed E-state index contributed by atoms with van der Waals surface area (Å²) >= 11 is 5.15. The van der Waals surface area contributed by atoms with Gasteiger partial charge >= 0.3 is 0 Å². The molecule has 4 nitrogen and oxygen atoms in total. The standard InChI is InChI=1S/C13H20BrN3OS/c1-3-17-13(2,12(15)18)7-5-9-19-11-10(14)6-4-8-16-11/h4,6,8,17H,3,5,7,9H2,1-2H3,(H2,15,18). The number of amides is 1. The topological polar surface area (TPSA) is 68.0 Å². The summed E-state index contributed by atoms with van der Waals surface area (Å²) in [5.41, 5.74) is 4.83. The van der Waals surface area contributed by atoms with Crippen molar-refractivity contribution in [2.75, 3.05) is 12.3 Å². The van der Waals surface area contributed by atoms with Gasteiger partial charge < -0.3 is 11.1 Å². The summed E-state index contributed by atoms with van der Waals surface area (Å²) in [5, 5.41) is 4.14. The number of carbonyl (C=O) groups is 1. The molecule has 1 aromatic rings. The molecule has 0 aliphatic carbocycles. The van der Waals surface area contributed by atoms with Crippen molar-refractivity contribution in [3.8, 4) is 0 Å². The van der Waals surface area contributed by atoms with E-state index in [-0.39, 0.29) is 5.91 Å². The molecule has 0 bridgehead atoms. The number of nitrogens with one attached hydrogen (secondary N) is 1. The molecule has 3 N–H and O–H groups in total. The second kappa shape index (κ2) is 7.87. The molecule has 6 heteroatoms. The van der Waals surface area contributed by atoms with E-state index in [0.29, 0.717) is 0 Å². The monoisotopic (exact) mass is 345 g/mol. The van der Waals surface area contributed by atoms with E-state index < -0.39 is 5.54 Å². The number of pyridine rings is 1. The van der Waals surface area contributed by atoms with Crippen LogP contribution < -0.4 is 11.1 Å². The highest BCUT2D eigenvalue weighted by atomic mass is 79.9. The lowest BCUT2D eigenvalue weighted by molar-refractivity contribution is -0.124. The molecule has 1 amide bonds. The molecule has 1 rings (SSSR count). The van der Waals surface area contributed by atoms with Gasteiger partial charge in [0, 0.05) is 10.7 Å². The van der Waals surface area contributed by atoms with Gasteiger partial charge in [-0.15, -0.1) is 11.8 Å². The molecule has 0 fully saturated rings. The van der Waals surface area contributed by atoms with Crippen molar-refractivity contribution in [1.82, 2.24) is 10.3 Å². The normalized spacial score (nSPS) is 14.1. The van der Waals surface area contributed by atoms with Gasteiger partial charge in [-0.1, -0.05) is 6.92 Å². The number of carbonyl (C=O) groups excluding carboxylic acids is 1. The Morgan fingerprint density at radius 1 is 1.63 bits per heavy atom. The molecule has 1 heterocycles. The summed E-state index contributed by atoms with van der Waals surface area (Å²) in [7, 11) is 0. The zero-order valence-electron chi connectivity index (χ0n) is 11.3. The van der Waals surface area contributed by atoms with Crippen LogP contribution in [0.5, 0.6) is 0 Å². The number of hydrogen-bond donors (Lipinski definition) is 2. The zero-order valence-corrected chi connectivity index (χ0v) is 13.7. The maximum absolute atomic E-state index is 11.5. The van der Waals surface area contributed by atoms with Crippen LogP contribution >= 0.6 is 27.7 Å². The fourth-order valence-electron chi connectivity index (χ4n) is 1.76. The highest BCUT2D eigenvalue weighted by Gasteiger charge is 2.28. The van der Waals surface area contributed by atoms with Gasteiger partial charge in [0.1, 0.15) is 5.03 Å². The van der Waals surface area contributed by atoms with E-state index >= 15 is 0 Å². The Morgan fingerprint density at radius 3 is 2.95 bits per heavy atom. The zero-order chi connectivity index (χ0) is 14.3. The fourth-order valence-corrected chi connectivity index (χ4v) is 3.18. The van der Waals surface area contributed by atoms with Crippen LogP contribution in [0.25, 0.3) is 0 Å². The third-order valence-corrected chi connectivity index (χ3v) is 4.89. The van der Waals surface area contributed by atoms with Crippen molar-refractivity contribution in [2.24, 2.45) is 5.73 Å². The SMILES string of the molecule is CCNC(C)(CCCSc1ncccc1Br)C(N)=O. The summed E-state index contributed by atoms with van der Waals surface area (Å²) in [6, 6.07) is 3.87. The van der Waals surface area contributed by atoms with Gasteiger partial charge in [0.2, 0.25) is 5.91 Å². The van der Waals surface area contributed by atoms with Crippen molar-refractivity contribution in [1.29, 1.82) is 0 Å². The summed E-state index contributed by atoms with van der Waals surface area (Å²) in [6.07, 6.45) is 3.41. The van der Waals surface area contributed by atoms with Gasteiger partial charge in [0.05, 0.1) is 5.54 Å². The third-order valence-electron chi connectivity index (χ3n) is 2.90. The van der Waals surface area contributed by atoms with Crippen LogP contribution in [-0.4, -0.2) is 28.7 Å². The number of nitrogens with two attached hydrogens (primary N) is 1. The summed E-state index contributed by atoms with van der Waals surface area (Å²) in [4.78, 5) is 15.8. The van der Waals surface area contributed by atoms with E-state index in [1.165, 1.54) is 0 Å². The summed E-state index contributed by atoms with van der Waals surface area (Å²) < 4.78 is 1.00. The predicted octanol–water partition coefficient (Wildman–Crippen LogP) is 2.57. The highest BCUT2D eigenvalue weighted by Crippen LogP contribution is 2.26. The molecule has 1 aromatic heterocycles. The minimum absolute atomic E-state index is 0.293. The smallest absolute Gasteiger partial charge is 0.237 e. The Balaban J connectivity index is 2.41. The Hall–Kier alpha value is -0.590. The molecule has 0 aromatic carbocycles. The van der Waals surface area contributed by atoms with Gasteiger partial charge in [0.15, 0.2) is 0 Å². The lowest BCUT2D eigenvalue weighted by Crippen LogP contribution is -2.53. The molecule has 0 aliphatic rings. The van der Waals surface area contributed by atoms with Gasteiger partial charge in [0.25, 0.3) is 0 Å². The molecule has 1 atom stereocenters. The van der Waals surface area contributed by atoms with Crippen molar-refractivity contribution < 1.29 is 4.79 Å². The van der Waals surface area contributed by atoms with Crippen molar-refractivity contribution in [3.63, 3.8) is 0 Å². The maximum Gasteiger partial charge on any atom is 0.237 e. The number of thioether (sulfide) groups is 1. The van der Waals surface area contributed by atoms with Crippen LogP contribution in [0.4, 0.5) is 0 Å². The van der Waals surface area contributed by atoms with Crippen LogP contribution in [0.2, 0.25) is 0 Å². The average Bonchev–Trinajstić information content (AvgIpc) is 2.37. The van der Waals surface area contributed by atoms with E-state index in [4.69, 9.17) is 5.73 Å². The number of hydrogen-bond acceptors (Lipinski definition) is 4. The quantitative estimate of drug-likeness (QED) is 0.561. The van der Waals surface area contributed by atoms with Crippen LogP contribution in [-0.2, 0) is 4.79 Å². The first-order chi connectivity index (χ1) is 8.99. The second-order valence-electron chi connectivity index (χ2n) is 4.47. The van der Waals surface area contributed by atoms with E-state index in [1.54, 1.807) is 18.0 Å². The van der Waals surface area contributed by atoms with Crippen molar-refractivity contribution >= 4 is 33.6 Å². The van der Waals surface area contributed by atoms with Crippen molar-refractivity contribution in [2.45, 2.75) is 37.3 Å². The lowest BCUT2D eigenvalue weighted by Gasteiger charge is -2.26. The molecule has 1 unspecified atom stereocenters. The average molecular weight is 346 g/mol. The number of nitrogens with zero attached hydrogens (tertiary/aromatic N) is 1. The first-order valence-electron chi connectivity index (χ1n) is 6.28. The Kier molecular flexibility index (Phi) is 6.82. The largest absolute Gasteiger partial charge is 0.368 e. The van der Waals surface area contributed by atoms with Crippen molar-refractivity contribution in [3.05, 3.63) is 22.8 Å². The predicted molar refractivity (Wildman–Crippen MR) is 83.2 cm³/mol. The van der Waals surface area contributed by atoms with Gasteiger partial charge in [-0.3, -0.25) is 4.79 Å². The van der Waals surface area contributed by atoms with E-state index in [2.05, 4.69) is 26.2 Å². The molecule has 0 aliphatic heterocycles. The van der Waals surface area contributed by atoms with Crippen LogP contribution in [0.15, 0.2) is 27.8 Å². The van der Waals surface area contributed by atoms with E-state index in [1.807, 2.05) is 26.0 Å². The molecule has 0 saturated carbocycles. The van der Waals surface area contributed by atoms with Gasteiger partial charge in [-0.25, -0.2) is 4.98 Å². The molecule has 19 heavy (non-hydrogen) atoms. The van der Waals surface area contributed by atoms with Crippen LogP contribution in [0, 0.1) is 0 Å². The highest BCUT2D eigenvalue weighted by molar-refractivity contribution is 9.10. The molecule has 0 spiro atoms. The Bertz CT molecular complexity index is 430. The van der Waals surface area contributed by atoms with Crippen LogP contribution in [0.3, 0.4) is 0 Å². The second-order valence-corrected chi connectivity index (χ2v) is 6.41. The maximum atomic E-state index is 11.5. The number of likely N-dealkylation sites (N-methyl/N-ethyl adjacent to an activating group) is 1. The molecular weight excluding hydrogens is 326 g/mol. The lowest BCUT2D eigenvalue weighted by atomic mass is 9.95. The van der Waals surface area contributed by atoms with Gasteiger partial charge in [-0.05, 0) is 60.1 Å².